The first-order valence-electron chi connectivity index (χ1n) is 4.72. The van der Waals surface area contributed by atoms with Crippen LogP contribution >= 0.6 is 11.8 Å². The van der Waals surface area contributed by atoms with Crippen LogP contribution in [0.5, 0.6) is 11.5 Å². The Morgan fingerprint density at radius 1 is 1.38 bits per heavy atom. The monoisotopic (exact) mass is 239 g/mol. The predicted octanol–water partition coefficient (Wildman–Crippen LogP) is 1.65. The van der Waals surface area contributed by atoms with Crippen molar-refractivity contribution in [3.8, 4) is 16.9 Å². The van der Waals surface area contributed by atoms with E-state index < -0.39 is 6.10 Å². The normalized spacial score (nSPS) is 11.6. The van der Waals surface area contributed by atoms with E-state index in [4.69, 9.17) is 14.7 Å². The van der Waals surface area contributed by atoms with Crippen molar-refractivity contribution < 1.29 is 14.6 Å². The van der Waals surface area contributed by atoms with Crippen LogP contribution in [0, 0.1) is 10.7 Å². The van der Waals surface area contributed by atoms with Crippen LogP contribution in [0.4, 0.5) is 0 Å². The maximum absolute atomic E-state index is 9.42. The van der Waals surface area contributed by atoms with E-state index >= 15 is 0 Å². The van der Waals surface area contributed by atoms with Gasteiger partial charge in [0.15, 0.2) is 0 Å². The second-order valence-corrected chi connectivity index (χ2v) is 3.85. The zero-order chi connectivity index (χ0) is 11.8. The molecular weight excluding hydrogens is 226 g/mol. The Morgan fingerprint density at radius 2 is 2.00 bits per heavy atom. The topological polar surface area (TPSA) is 62.5 Å². The van der Waals surface area contributed by atoms with Gasteiger partial charge in [-0.15, -0.1) is 0 Å². The van der Waals surface area contributed by atoms with Crippen molar-refractivity contribution >= 4 is 11.8 Å². The molecule has 1 unspecified atom stereocenters. The number of aliphatic hydroxyl groups is 1. The quantitative estimate of drug-likeness (QED) is 0.765. The number of methoxy groups -OCH3 is 1. The average Bonchev–Trinajstić information content (AvgIpc) is 2.34. The molecule has 0 amide bonds. The number of thiocyanates is 1. The van der Waals surface area contributed by atoms with Gasteiger partial charge in [-0.2, -0.15) is 5.26 Å². The fraction of sp³-hybridized carbons (Fsp3) is 0.364. The van der Waals surface area contributed by atoms with Crippen LogP contribution < -0.4 is 9.47 Å². The molecule has 0 aliphatic carbocycles. The SMILES string of the molecule is COc1ccc(OCC(O)CSC#N)cc1. The predicted molar refractivity (Wildman–Crippen MR) is 62.6 cm³/mol. The molecule has 1 aromatic carbocycles. The minimum absolute atomic E-state index is 0.182. The van der Waals surface area contributed by atoms with E-state index in [0.29, 0.717) is 11.5 Å². The molecule has 1 aromatic rings. The number of hydrogen-bond acceptors (Lipinski definition) is 5. The maximum Gasteiger partial charge on any atom is 0.133 e. The molecule has 0 aromatic heterocycles. The van der Waals surface area contributed by atoms with Crippen molar-refractivity contribution in [2.24, 2.45) is 0 Å². The highest BCUT2D eigenvalue weighted by molar-refractivity contribution is 8.03. The van der Waals surface area contributed by atoms with Gasteiger partial charge in [-0.25, -0.2) is 0 Å². The summed E-state index contributed by atoms with van der Waals surface area (Å²) in [5.41, 5.74) is 0. The van der Waals surface area contributed by atoms with Crippen LogP contribution in [-0.2, 0) is 0 Å². The Bertz CT molecular complexity index is 347. The first kappa shape index (κ1) is 12.7. The highest BCUT2D eigenvalue weighted by Crippen LogP contribution is 2.17. The van der Waals surface area contributed by atoms with Gasteiger partial charge in [-0.05, 0) is 36.0 Å². The van der Waals surface area contributed by atoms with Gasteiger partial charge in [0.05, 0.1) is 13.2 Å². The highest BCUT2D eigenvalue weighted by Gasteiger charge is 2.05. The van der Waals surface area contributed by atoms with E-state index in [1.807, 2.05) is 5.40 Å². The third-order valence-corrected chi connectivity index (χ3v) is 2.52. The Labute approximate surface area is 98.8 Å². The molecule has 1 rings (SSSR count). The van der Waals surface area contributed by atoms with E-state index in [1.54, 1.807) is 31.4 Å². The second-order valence-electron chi connectivity index (χ2n) is 3.04. The molecule has 0 spiro atoms. The lowest BCUT2D eigenvalue weighted by Gasteiger charge is -2.10. The Morgan fingerprint density at radius 3 is 2.56 bits per heavy atom. The summed E-state index contributed by atoms with van der Waals surface area (Å²) in [5, 5.41) is 19.6. The molecule has 0 bridgehead atoms. The molecule has 1 atom stereocenters. The third-order valence-electron chi connectivity index (χ3n) is 1.84. The van der Waals surface area contributed by atoms with Crippen molar-refractivity contribution in [1.82, 2.24) is 0 Å². The maximum atomic E-state index is 9.42. The number of thioether (sulfide) groups is 1. The number of benzene rings is 1. The van der Waals surface area contributed by atoms with E-state index in [1.165, 1.54) is 0 Å². The number of rotatable bonds is 6. The van der Waals surface area contributed by atoms with Gasteiger partial charge in [-0.1, -0.05) is 0 Å². The molecule has 0 saturated carbocycles. The molecule has 0 saturated heterocycles. The second kappa shape index (κ2) is 6.99. The number of hydrogen-bond donors (Lipinski definition) is 1. The fourth-order valence-corrected chi connectivity index (χ4v) is 1.41. The largest absolute Gasteiger partial charge is 0.497 e. The summed E-state index contributed by atoms with van der Waals surface area (Å²) in [5.74, 6) is 1.78. The summed E-state index contributed by atoms with van der Waals surface area (Å²) in [7, 11) is 1.60. The molecule has 1 N–H and O–H groups in total. The molecule has 5 heteroatoms. The highest BCUT2D eigenvalue weighted by atomic mass is 32.2. The van der Waals surface area contributed by atoms with Crippen LogP contribution in [0.25, 0.3) is 0 Å². The zero-order valence-corrected chi connectivity index (χ0v) is 9.74. The van der Waals surface area contributed by atoms with Gasteiger partial charge >= 0.3 is 0 Å². The number of aliphatic hydroxyl groups excluding tert-OH is 1. The standard InChI is InChI=1S/C11H13NO3S/c1-14-10-2-4-11(5-3-10)15-6-9(13)7-16-8-12/h2-5,9,13H,6-7H2,1H3. The summed E-state index contributed by atoms with van der Waals surface area (Å²) in [6, 6.07) is 7.10. The summed E-state index contributed by atoms with van der Waals surface area (Å²) in [6.45, 7) is 0.182. The van der Waals surface area contributed by atoms with Crippen LogP contribution in [0.1, 0.15) is 0 Å². The number of ether oxygens (including phenoxy) is 2. The van der Waals surface area contributed by atoms with Crippen molar-refractivity contribution in [3.05, 3.63) is 24.3 Å². The minimum Gasteiger partial charge on any atom is -0.497 e. The summed E-state index contributed by atoms with van der Waals surface area (Å²) in [4.78, 5) is 0. The Kier molecular flexibility index (Phi) is 5.54. The zero-order valence-electron chi connectivity index (χ0n) is 8.92. The van der Waals surface area contributed by atoms with Crippen molar-refractivity contribution in [2.45, 2.75) is 6.10 Å². The van der Waals surface area contributed by atoms with Gasteiger partial charge in [0.2, 0.25) is 0 Å². The minimum atomic E-state index is -0.633. The molecular formula is C11H13NO3S. The van der Waals surface area contributed by atoms with Crippen molar-refractivity contribution in [3.63, 3.8) is 0 Å². The lowest BCUT2D eigenvalue weighted by molar-refractivity contribution is 0.126. The van der Waals surface area contributed by atoms with E-state index in [-0.39, 0.29) is 6.61 Å². The van der Waals surface area contributed by atoms with Gasteiger partial charge in [0, 0.05) is 5.75 Å². The van der Waals surface area contributed by atoms with E-state index in [0.717, 1.165) is 17.5 Å². The molecule has 16 heavy (non-hydrogen) atoms. The van der Waals surface area contributed by atoms with Crippen LogP contribution in [0.15, 0.2) is 24.3 Å². The lowest BCUT2D eigenvalue weighted by Crippen LogP contribution is -2.19. The van der Waals surface area contributed by atoms with Crippen LogP contribution in [0.2, 0.25) is 0 Å². The van der Waals surface area contributed by atoms with E-state index in [9.17, 15) is 5.11 Å². The first-order valence-corrected chi connectivity index (χ1v) is 5.70. The van der Waals surface area contributed by atoms with Crippen molar-refractivity contribution in [1.29, 1.82) is 5.26 Å². The molecule has 0 heterocycles. The molecule has 0 aliphatic rings. The van der Waals surface area contributed by atoms with Crippen LogP contribution in [-0.4, -0.2) is 30.7 Å². The summed E-state index contributed by atoms with van der Waals surface area (Å²) < 4.78 is 10.3. The number of nitrogens with zero attached hydrogens (tertiary/aromatic N) is 1. The first-order chi connectivity index (χ1) is 7.76. The molecule has 86 valence electrons. The average molecular weight is 239 g/mol. The van der Waals surface area contributed by atoms with E-state index in [2.05, 4.69) is 0 Å². The van der Waals surface area contributed by atoms with Gasteiger partial charge in [0.1, 0.15) is 23.5 Å². The smallest absolute Gasteiger partial charge is 0.133 e. The van der Waals surface area contributed by atoms with Gasteiger partial charge in [0.25, 0.3) is 0 Å². The molecule has 0 fully saturated rings. The molecule has 0 aliphatic heterocycles. The fourth-order valence-electron chi connectivity index (χ4n) is 1.05. The van der Waals surface area contributed by atoms with Gasteiger partial charge < -0.3 is 14.6 Å². The van der Waals surface area contributed by atoms with Crippen LogP contribution in [0.3, 0.4) is 0 Å². The Balaban J connectivity index is 2.34. The summed E-state index contributed by atoms with van der Waals surface area (Å²) in [6.07, 6.45) is -0.633. The number of nitriles is 1. The molecule has 4 nitrogen and oxygen atoms in total. The molecule has 0 radical (unpaired) electrons. The third kappa shape index (κ3) is 4.43. The Hall–Kier alpha value is -1.38. The van der Waals surface area contributed by atoms with Crippen molar-refractivity contribution in [2.75, 3.05) is 19.5 Å². The van der Waals surface area contributed by atoms with Gasteiger partial charge in [-0.3, -0.25) is 0 Å². The summed E-state index contributed by atoms with van der Waals surface area (Å²) >= 11 is 1.01. The lowest BCUT2D eigenvalue weighted by atomic mass is 10.3.